The Morgan fingerprint density at radius 1 is 0.316 bits per heavy atom. The van der Waals surface area contributed by atoms with E-state index in [1.807, 2.05) is 70.6 Å². The molecule has 3 unspecified atom stereocenters. The minimum Gasteiger partial charge on any atom is -0.393 e. The molecule has 95 heavy (non-hydrogen) atoms. The van der Waals surface area contributed by atoms with Crippen molar-refractivity contribution in [3.63, 3.8) is 0 Å². The van der Waals surface area contributed by atoms with Gasteiger partial charge < -0.3 is 49.5 Å². The Balaban J connectivity index is 2.38. The Hall–Kier alpha value is 1.70. The molecular weight excluding hydrogens is 1290 g/mol. The molecule has 1 heterocycles. The molecule has 1 aliphatic rings. The van der Waals surface area contributed by atoms with Gasteiger partial charge in [0.2, 0.25) is 0 Å². The summed E-state index contributed by atoms with van der Waals surface area (Å²) in [5, 5.41) is 36.9. The Bertz CT molecular complexity index is 1500. The number of aliphatic hydroxyl groups is 3. The average molecular weight is 1460 g/mol. The second-order valence-electron chi connectivity index (χ2n) is 29.4. The van der Waals surface area contributed by atoms with Crippen LogP contribution in [0, 0.1) is 0 Å². The van der Waals surface area contributed by atoms with Gasteiger partial charge in [-0.25, -0.2) is 0 Å². The first-order valence-electron chi connectivity index (χ1n) is 40.6. The summed E-state index contributed by atoms with van der Waals surface area (Å²) in [5.74, 6) is 6.36. The third kappa shape index (κ3) is 67.3. The van der Waals surface area contributed by atoms with Gasteiger partial charge in [0.05, 0.1) is 50.4 Å². The second-order valence-corrected chi connectivity index (χ2v) is 40.5. The molecule has 570 valence electrons. The molecule has 0 spiro atoms. The van der Waals surface area contributed by atoms with E-state index >= 15 is 0 Å². The summed E-state index contributed by atoms with van der Waals surface area (Å²) in [5.41, 5.74) is 0. The number of aliphatic hydroxyl groups excluding tert-OH is 3. The lowest BCUT2D eigenvalue weighted by Gasteiger charge is -2.35. The maximum Gasteiger partial charge on any atom is 0.0557 e. The lowest BCUT2D eigenvalue weighted by Crippen LogP contribution is -2.47. The van der Waals surface area contributed by atoms with E-state index in [0.717, 1.165) is 217 Å². The molecule has 3 atom stereocenters. The number of rotatable bonds is 77. The quantitative estimate of drug-likeness (QED) is 0.0342. The van der Waals surface area contributed by atoms with Crippen LogP contribution in [0.1, 0.15) is 326 Å². The molecule has 4 N–H and O–H groups in total. The number of ether oxygens (including phenoxy) is 3. The van der Waals surface area contributed by atoms with E-state index in [0.29, 0.717) is 0 Å². The molecule has 1 fully saturated rings. The third-order valence-electron chi connectivity index (χ3n) is 18.8. The van der Waals surface area contributed by atoms with Crippen LogP contribution >= 0.6 is 70.6 Å². The zero-order chi connectivity index (χ0) is 69.3. The first-order chi connectivity index (χ1) is 46.1. The molecule has 16 heteroatoms. The number of hydrogen-bond donors (Lipinski definition) is 4. The topological polar surface area (TPSA) is 110 Å². The van der Waals surface area contributed by atoms with Crippen LogP contribution in [0.15, 0.2) is 0 Å². The zero-order valence-corrected chi connectivity index (χ0v) is 69.2. The maximum absolute atomic E-state index is 11.3. The van der Waals surface area contributed by atoms with Gasteiger partial charge in [0, 0.05) is 76.3 Å². The molecule has 1 saturated heterocycles. The monoisotopic (exact) mass is 1460 g/mol. The van der Waals surface area contributed by atoms with Crippen LogP contribution in [0.5, 0.6) is 0 Å². The van der Waals surface area contributed by atoms with Gasteiger partial charge in [0.15, 0.2) is 0 Å². The van der Waals surface area contributed by atoms with Crippen LogP contribution in [0.2, 0.25) is 0 Å². The van der Waals surface area contributed by atoms with E-state index in [9.17, 15) is 15.3 Å². The van der Waals surface area contributed by atoms with Crippen LogP contribution in [-0.4, -0.2) is 207 Å². The fraction of sp³-hybridized carbons (Fsp3) is 1.00. The number of hydrogen-bond acceptors (Lipinski definition) is 16. The van der Waals surface area contributed by atoms with Crippen LogP contribution < -0.4 is 5.32 Å². The van der Waals surface area contributed by atoms with Gasteiger partial charge in [-0.15, -0.1) is 70.6 Å². The summed E-state index contributed by atoms with van der Waals surface area (Å²) in [6.45, 7) is 37.6. The average Bonchev–Trinajstić information content (AvgIpc) is 2.03. The van der Waals surface area contributed by atoms with Gasteiger partial charge in [0.25, 0.3) is 0 Å². The van der Waals surface area contributed by atoms with E-state index in [-0.39, 0.29) is 30.5 Å². The molecule has 1 aliphatic heterocycles. The van der Waals surface area contributed by atoms with Crippen molar-refractivity contribution in [3.8, 4) is 0 Å². The van der Waals surface area contributed by atoms with Gasteiger partial charge in [-0.3, -0.25) is 0 Å². The third-order valence-corrected chi connectivity index (χ3v) is 27.7. The van der Waals surface area contributed by atoms with Gasteiger partial charge in [0.1, 0.15) is 0 Å². The fourth-order valence-corrected chi connectivity index (χ4v) is 19.4. The number of nitrogens with one attached hydrogen (secondary N) is 1. The molecule has 0 saturated carbocycles. The molecule has 0 radical (unpaired) electrons. The van der Waals surface area contributed by atoms with Crippen LogP contribution in [0.25, 0.3) is 0 Å². The predicted molar refractivity (Wildman–Crippen MR) is 436 cm³/mol. The Kier molecular flexibility index (Phi) is 68.6. The van der Waals surface area contributed by atoms with Crippen LogP contribution in [0.4, 0.5) is 0 Å². The van der Waals surface area contributed by atoms with Crippen molar-refractivity contribution in [2.75, 3.05) is 146 Å². The molecule has 0 aliphatic carbocycles. The minimum atomic E-state index is -0.288. The Labute approximate surface area is 617 Å². The molecule has 0 amide bonds. The highest BCUT2D eigenvalue weighted by molar-refractivity contribution is 8.19. The van der Waals surface area contributed by atoms with Crippen molar-refractivity contribution in [2.24, 2.45) is 0 Å². The minimum absolute atomic E-state index is 0.146. The summed E-state index contributed by atoms with van der Waals surface area (Å²) in [7, 11) is 0. The van der Waals surface area contributed by atoms with Crippen molar-refractivity contribution >= 4 is 70.6 Å². The standard InChI is InChI=1S/C79H162N4O6S6/c1-10-13-16-19-22-25-28-31-34-37-62-87-65-71-93-77(4,5)90-68-40-45-74(84)48-52-80-51-43-53-82-58-60-83(61-59-82)55-44-54-81(56-49-75(85)46-41-69-91-78(6,7)94-72-66-88-63-38-35-32-29-26-23-20-17-14-11-2)57-50-76(86)47-42-70-92-79(8,9)95-73-67-89-64-39-36-33-30-27-24-21-18-15-12-3/h74-76,80,84-86H,10-73H2,1-9H3. The maximum atomic E-state index is 11.3. The zero-order valence-electron chi connectivity index (χ0n) is 64.3. The number of unbranched alkanes of at least 4 members (excludes halogenated alkanes) is 27. The van der Waals surface area contributed by atoms with Crippen molar-refractivity contribution in [3.05, 3.63) is 0 Å². The number of nitrogens with zero attached hydrogens (tertiary/aromatic N) is 3. The summed E-state index contributed by atoms with van der Waals surface area (Å²) >= 11 is 12.1. The van der Waals surface area contributed by atoms with Gasteiger partial charge in [-0.2, -0.15) is 0 Å². The van der Waals surface area contributed by atoms with Crippen LogP contribution in [0.3, 0.4) is 0 Å². The molecule has 1 rings (SSSR count). The van der Waals surface area contributed by atoms with Crippen molar-refractivity contribution in [2.45, 2.75) is 356 Å². The van der Waals surface area contributed by atoms with Crippen molar-refractivity contribution in [1.29, 1.82) is 0 Å². The summed E-state index contributed by atoms with van der Waals surface area (Å²) in [4.78, 5) is 7.84. The SMILES string of the molecule is CCCCCCCCCCCCOCCSC(C)(C)SCCCC(O)CCNCCCN1CCN(CCCN(CCC(O)CCCSC(C)(C)SCCOCCCCCCCCCCCC)CCC(O)CCCSC(C)(C)SCCOCCCCCCCCCCCC)CC1. The molecule has 0 aromatic carbocycles. The molecule has 0 bridgehead atoms. The molecular formula is C79H162N4O6S6. The van der Waals surface area contributed by atoms with Gasteiger partial charge in [-0.05, 0) is 181 Å². The van der Waals surface area contributed by atoms with Gasteiger partial charge >= 0.3 is 0 Å². The summed E-state index contributed by atoms with van der Waals surface area (Å²) in [6.07, 6.45) is 50.5. The largest absolute Gasteiger partial charge is 0.393 e. The first-order valence-corrected chi connectivity index (χ1v) is 46.5. The Morgan fingerprint density at radius 3 is 0.926 bits per heavy atom. The summed E-state index contributed by atoms with van der Waals surface area (Å²) in [6, 6.07) is 0. The number of thioether (sulfide) groups is 6. The lowest BCUT2D eigenvalue weighted by atomic mass is 10.1. The normalized spacial score (nSPS) is 14.9. The predicted octanol–water partition coefficient (Wildman–Crippen LogP) is 21.3. The smallest absolute Gasteiger partial charge is 0.0557 e. The highest BCUT2D eigenvalue weighted by Crippen LogP contribution is 2.39. The first kappa shape index (κ1) is 94.7. The lowest BCUT2D eigenvalue weighted by molar-refractivity contribution is 0.103. The van der Waals surface area contributed by atoms with E-state index in [1.165, 1.54) is 193 Å². The fourth-order valence-electron chi connectivity index (χ4n) is 12.5. The number of piperazine rings is 1. The Morgan fingerprint density at radius 2 is 0.600 bits per heavy atom. The molecule has 0 aromatic rings. The molecule has 0 aromatic heterocycles. The second kappa shape index (κ2) is 68.8. The molecule has 10 nitrogen and oxygen atoms in total. The highest BCUT2D eigenvalue weighted by Gasteiger charge is 2.23. The van der Waals surface area contributed by atoms with Crippen molar-refractivity contribution < 1.29 is 29.5 Å². The highest BCUT2D eigenvalue weighted by atomic mass is 32.2. The van der Waals surface area contributed by atoms with E-state index < -0.39 is 0 Å². The van der Waals surface area contributed by atoms with Crippen LogP contribution in [-0.2, 0) is 14.2 Å². The van der Waals surface area contributed by atoms with E-state index in [1.54, 1.807) is 0 Å². The van der Waals surface area contributed by atoms with Crippen molar-refractivity contribution in [1.82, 2.24) is 20.0 Å². The summed E-state index contributed by atoms with van der Waals surface area (Å²) < 4.78 is 18.5. The van der Waals surface area contributed by atoms with Gasteiger partial charge in [-0.1, -0.05) is 194 Å². The van der Waals surface area contributed by atoms with E-state index in [4.69, 9.17) is 14.2 Å². The van der Waals surface area contributed by atoms with E-state index in [2.05, 4.69) is 82.3 Å².